The molecular formula is C38H74N2O21+2. The topological polar surface area (TPSA) is 328 Å². The monoisotopic (exact) mass is 894 g/mol. The summed E-state index contributed by atoms with van der Waals surface area (Å²) in [5.41, 5.74) is 0. The van der Waals surface area contributed by atoms with Gasteiger partial charge in [0.2, 0.25) is 0 Å². The molecule has 0 saturated carbocycles. The number of rotatable bonds is 44. The average Bonchev–Trinajstić information content (AvgIpc) is 3.22. The van der Waals surface area contributed by atoms with Crippen molar-refractivity contribution in [2.75, 3.05) is 158 Å². The first-order chi connectivity index (χ1) is 29.3. The molecular weight excluding hydrogens is 820 g/mol. The fraction of sp³-hybridized carbons (Fsp3) is 0.842. The third kappa shape index (κ3) is 34.8. The molecule has 0 aliphatic heterocycles. The van der Waals surface area contributed by atoms with Crippen molar-refractivity contribution < 1.29 is 113 Å². The molecule has 0 spiro atoms. The summed E-state index contributed by atoms with van der Waals surface area (Å²) in [5, 5.41) is 98.5. The van der Waals surface area contributed by atoms with E-state index in [2.05, 4.69) is 13.2 Å². The average molecular weight is 895 g/mol. The van der Waals surface area contributed by atoms with Crippen molar-refractivity contribution >= 4 is 11.9 Å². The number of aliphatic hydroxyl groups excluding tert-OH is 10. The van der Waals surface area contributed by atoms with E-state index in [1.54, 1.807) is 0 Å². The highest BCUT2D eigenvalue weighted by molar-refractivity contribution is 5.81. The van der Waals surface area contributed by atoms with Crippen LogP contribution in [0.4, 0.5) is 0 Å². The van der Waals surface area contributed by atoms with Crippen LogP contribution in [0.2, 0.25) is 0 Å². The molecule has 0 aromatic rings. The van der Waals surface area contributed by atoms with Gasteiger partial charge in [-0.05, 0) is 0 Å². The fourth-order valence-electron chi connectivity index (χ4n) is 5.21. The number of aliphatic hydroxyl groups is 10. The molecule has 0 bridgehead atoms. The van der Waals surface area contributed by atoms with Crippen LogP contribution in [0.5, 0.6) is 0 Å². The molecule has 0 radical (unpaired) electrons. The zero-order chi connectivity index (χ0) is 45.7. The Kier molecular flexibility index (Phi) is 37.8. The molecule has 61 heavy (non-hydrogen) atoms. The standard InChI is InChI=1S/C38H72N2O21/c1-3-37(51)60-23-33(49)21-58-35(25-54-16-30(46)14-40(7-11-43)8-12-44)26-56-19-32(48)20-57-28-36(59-22-34(50)24-61-38(52)4-2)27-55-18-31(47)17-53-15-29(45)13-39(5-9-41)6-10-42/h3-4,29-36,41-50H,1-2,5-28H2/p+2. The summed E-state index contributed by atoms with van der Waals surface area (Å²) >= 11 is 0. The lowest BCUT2D eigenvalue weighted by molar-refractivity contribution is -0.904. The van der Waals surface area contributed by atoms with Gasteiger partial charge in [0.05, 0.1) is 106 Å². The Morgan fingerprint density at radius 2 is 0.672 bits per heavy atom. The maximum absolute atomic E-state index is 11.3. The van der Waals surface area contributed by atoms with E-state index >= 15 is 0 Å². The number of nitrogens with one attached hydrogen (secondary N) is 2. The molecule has 0 fully saturated rings. The lowest BCUT2D eigenvalue weighted by Crippen LogP contribution is -3.14. The Hall–Kier alpha value is -2.34. The van der Waals surface area contributed by atoms with Crippen molar-refractivity contribution in [3.8, 4) is 0 Å². The van der Waals surface area contributed by atoms with E-state index < -0.39 is 60.8 Å². The van der Waals surface area contributed by atoms with Crippen molar-refractivity contribution in [3.05, 3.63) is 25.3 Å². The number of carbonyl (C=O) groups is 2. The van der Waals surface area contributed by atoms with Crippen molar-refractivity contribution in [2.45, 2.75) is 48.8 Å². The summed E-state index contributed by atoms with van der Waals surface area (Å²) < 4.78 is 48.8. The van der Waals surface area contributed by atoms with E-state index in [9.17, 15) is 50.4 Å². The van der Waals surface area contributed by atoms with E-state index in [0.29, 0.717) is 26.2 Å². The first-order valence-corrected chi connectivity index (χ1v) is 20.2. The molecule has 23 heteroatoms. The molecule has 0 saturated heterocycles. The van der Waals surface area contributed by atoms with Gasteiger partial charge in [0.1, 0.15) is 101 Å². The quantitative estimate of drug-likeness (QED) is 0.0200. The Bertz CT molecular complexity index is 1070. The zero-order valence-electron chi connectivity index (χ0n) is 35.1. The van der Waals surface area contributed by atoms with Gasteiger partial charge >= 0.3 is 11.9 Å². The zero-order valence-corrected chi connectivity index (χ0v) is 35.1. The van der Waals surface area contributed by atoms with Crippen LogP contribution in [-0.4, -0.2) is 270 Å². The number of esters is 2. The third-order valence-corrected chi connectivity index (χ3v) is 8.20. The fourth-order valence-corrected chi connectivity index (χ4v) is 5.21. The highest BCUT2D eigenvalue weighted by Gasteiger charge is 2.21. The third-order valence-electron chi connectivity index (χ3n) is 8.20. The van der Waals surface area contributed by atoms with E-state index in [1.165, 1.54) is 0 Å². The van der Waals surface area contributed by atoms with Gasteiger partial charge in [-0.3, -0.25) is 0 Å². The molecule has 0 rings (SSSR count). The summed E-state index contributed by atoms with van der Waals surface area (Å²) in [7, 11) is 0. The predicted molar refractivity (Wildman–Crippen MR) is 211 cm³/mol. The molecule has 0 heterocycles. The van der Waals surface area contributed by atoms with Crippen LogP contribution in [0.25, 0.3) is 0 Å². The van der Waals surface area contributed by atoms with Gasteiger partial charge in [-0.1, -0.05) is 13.2 Å². The van der Waals surface area contributed by atoms with Gasteiger partial charge in [0, 0.05) is 12.2 Å². The van der Waals surface area contributed by atoms with Crippen molar-refractivity contribution in [1.82, 2.24) is 0 Å². The summed E-state index contributed by atoms with van der Waals surface area (Å²) in [6.45, 7) is 4.99. The number of hydrogen-bond donors (Lipinski definition) is 12. The minimum absolute atomic E-state index is 0.0970. The van der Waals surface area contributed by atoms with Crippen molar-refractivity contribution in [3.63, 3.8) is 0 Å². The lowest BCUT2D eigenvalue weighted by atomic mass is 10.3. The van der Waals surface area contributed by atoms with E-state index in [1.807, 2.05) is 0 Å². The van der Waals surface area contributed by atoms with E-state index in [-0.39, 0.29) is 132 Å². The molecule has 360 valence electrons. The van der Waals surface area contributed by atoms with Crippen LogP contribution in [0.15, 0.2) is 25.3 Å². The second-order valence-electron chi connectivity index (χ2n) is 14.0. The molecule has 0 amide bonds. The lowest BCUT2D eigenvalue weighted by Gasteiger charge is -2.23. The van der Waals surface area contributed by atoms with Crippen molar-refractivity contribution in [1.29, 1.82) is 0 Å². The summed E-state index contributed by atoms with van der Waals surface area (Å²) in [4.78, 5) is 24.2. The van der Waals surface area contributed by atoms with Crippen LogP contribution < -0.4 is 9.80 Å². The SMILES string of the molecule is C=CC(=O)OCC(O)COC(COCC(O)COCC(O)C[NH+](CCO)CCO)COCC(O)COCC(COCC(O)C[NH+](CCO)CCO)OCC(O)COC(=O)C=C. The largest absolute Gasteiger partial charge is 0.460 e. The number of quaternary nitrogens is 2. The van der Waals surface area contributed by atoms with Crippen LogP contribution >= 0.6 is 0 Å². The highest BCUT2D eigenvalue weighted by Crippen LogP contribution is 2.04. The second kappa shape index (κ2) is 39.3. The Balaban J connectivity index is 5.08. The minimum atomic E-state index is -1.21. The normalized spacial score (nSPS) is 15.8. The smallest absolute Gasteiger partial charge is 0.330 e. The minimum Gasteiger partial charge on any atom is -0.460 e. The number of carbonyl (C=O) groups excluding carboxylic acids is 2. The van der Waals surface area contributed by atoms with Crippen molar-refractivity contribution in [2.24, 2.45) is 0 Å². The molecule has 0 aromatic carbocycles. The first-order valence-electron chi connectivity index (χ1n) is 20.2. The Labute approximate surface area is 357 Å². The Morgan fingerprint density at radius 1 is 0.410 bits per heavy atom. The van der Waals surface area contributed by atoms with E-state index in [4.69, 9.17) is 52.8 Å². The van der Waals surface area contributed by atoms with Crippen LogP contribution in [0.1, 0.15) is 0 Å². The van der Waals surface area contributed by atoms with E-state index in [0.717, 1.165) is 22.0 Å². The molecule has 0 aromatic heterocycles. The molecule has 8 atom stereocenters. The van der Waals surface area contributed by atoms with Crippen LogP contribution in [0, 0.1) is 0 Å². The summed E-state index contributed by atoms with van der Waals surface area (Å²) in [6, 6.07) is 0. The maximum Gasteiger partial charge on any atom is 0.330 e. The van der Waals surface area contributed by atoms with Gasteiger partial charge in [-0.15, -0.1) is 0 Å². The predicted octanol–water partition coefficient (Wildman–Crippen LogP) is -8.80. The summed E-state index contributed by atoms with van der Waals surface area (Å²) in [6.07, 6.45) is -6.22. The highest BCUT2D eigenvalue weighted by atomic mass is 16.6. The molecule has 0 aliphatic rings. The second-order valence-corrected chi connectivity index (χ2v) is 14.0. The molecule has 23 nitrogen and oxygen atoms in total. The maximum atomic E-state index is 11.3. The first kappa shape index (κ1) is 58.7. The van der Waals surface area contributed by atoms with Crippen LogP contribution in [-0.2, 0) is 52.2 Å². The summed E-state index contributed by atoms with van der Waals surface area (Å²) in [5.74, 6) is -1.46. The molecule has 8 unspecified atom stereocenters. The van der Waals surface area contributed by atoms with Crippen LogP contribution in [0.3, 0.4) is 0 Å². The molecule has 0 aliphatic carbocycles. The van der Waals surface area contributed by atoms with Gasteiger partial charge in [-0.25, -0.2) is 9.59 Å². The Morgan fingerprint density at radius 3 is 0.951 bits per heavy atom. The van der Waals surface area contributed by atoms with Gasteiger partial charge in [0.25, 0.3) is 0 Å². The van der Waals surface area contributed by atoms with Gasteiger partial charge < -0.3 is 103 Å². The van der Waals surface area contributed by atoms with Gasteiger partial charge in [0.15, 0.2) is 0 Å². The van der Waals surface area contributed by atoms with Gasteiger partial charge in [-0.2, -0.15) is 0 Å². The molecule has 12 N–H and O–H groups in total. The number of hydrogen-bond acceptors (Lipinski definition) is 21. The number of ether oxygens (including phenoxy) is 9.